The third-order valence-corrected chi connectivity index (χ3v) is 4.68. The van der Waals surface area contributed by atoms with Gasteiger partial charge in [0.25, 0.3) is 5.91 Å². The molecule has 30 heavy (non-hydrogen) atoms. The summed E-state index contributed by atoms with van der Waals surface area (Å²) >= 11 is 0. The average molecular weight is 404 g/mol. The van der Waals surface area contributed by atoms with E-state index in [1.165, 1.54) is 10.9 Å². The zero-order valence-corrected chi connectivity index (χ0v) is 15.6. The van der Waals surface area contributed by atoms with Crippen LogP contribution in [0.15, 0.2) is 70.2 Å². The first-order valence-electron chi connectivity index (χ1n) is 9.24. The van der Waals surface area contributed by atoms with Gasteiger partial charge in [-0.2, -0.15) is 0 Å². The van der Waals surface area contributed by atoms with Crippen LogP contribution in [0, 0.1) is 0 Å². The molecule has 4 aromatic rings. The van der Waals surface area contributed by atoms with Crippen molar-refractivity contribution >= 4 is 5.91 Å². The third kappa shape index (κ3) is 3.24. The predicted molar refractivity (Wildman–Crippen MR) is 103 cm³/mol. The molecule has 0 bridgehead atoms. The molecule has 0 aliphatic carbocycles. The Labute approximate surface area is 169 Å². The highest BCUT2D eigenvalue weighted by atomic mass is 16.5. The van der Waals surface area contributed by atoms with Gasteiger partial charge in [-0.15, -0.1) is 5.10 Å². The van der Waals surface area contributed by atoms with Crippen LogP contribution in [-0.2, 0) is 6.54 Å². The second-order valence-corrected chi connectivity index (χ2v) is 6.70. The Bertz CT molecular complexity index is 1260. The van der Waals surface area contributed by atoms with Crippen LogP contribution < -0.4 is 15.8 Å². The van der Waals surface area contributed by atoms with Crippen molar-refractivity contribution in [1.82, 2.24) is 29.8 Å². The van der Waals surface area contributed by atoms with Gasteiger partial charge in [-0.05, 0) is 17.7 Å². The van der Waals surface area contributed by atoms with E-state index >= 15 is 0 Å². The lowest BCUT2D eigenvalue weighted by molar-refractivity contribution is 0.0908. The van der Waals surface area contributed by atoms with E-state index in [9.17, 15) is 9.59 Å². The largest absolute Gasteiger partial charge is 0.489 e. The molecular weight excluding hydrogens is 388 g/mol. The van der Waals surface area contributed by atoms with Crippen molar-refractivity contribution in [2.75, 3.05) is 6.61 Å². The number of aromatic nitrogens is 5. The molecule has 1 aliphatic heterocycles. The molecule has 10 nitrogen and oxygen atoms in total. The quantitative estimate of drug-likeness (QED) is 0.545. The van der Waals surface area contributed by atoms with Crippen molar-refractivity contribution in [2.24, 2.45) is 0 Å². The van der Waals surface area contributed by atoms with Crippen LogP contribution >= 0.6 is 0 Å². The number of hydrogen-bond donors (Lipinski definition) is 1. The van der Waals surface area contributed by atoms with Gasteiger partial charge in [-0.25, -0.2) is 19.0 Å². The highest BCUT2D eigenvalue weighted by Crippen LogP contribution is 2.28. The minimum Gasteiger partial charge on any atom is -0.489 e. The summed E-state index contributed by atoms with van der Waals surface area (Å²) < 4.78 is 13.5. The molecule has 0 unspecified atom stereocenters. The van der Waals surface area contributed by atoms with Gasteiger partial charge in [0, 0.05) is 0 Å². The normalized spacial score (nSPS) is 14.9. The van der Waals surface area contributed by atoms with Crippen LogP contribution in [0.3, 0.4) is 0 Å². The number of carbonyl (C=O) groups excluding carboxylic acids is 1. The Morgan fingerprint density at radius 1 is 1.13 bits per heavy atom. The van der Waals surface area contributed by atoms with Crippen LogP contribution in [0.2, 0.25) is 0 Å². The monoisotopic (exact) mass is 404 g/mol. The van der Waals surface area contributed by atoms with Crippen molar-refractivity contribution in [2.45, 2.75) is 12.6 Å². The second kappa shape index (κ2) is 7.32. The number of ether oxygens (including phenoxy) is 1. The summed E-state index contributed by atoms with van der Waals surface area (Å²) in [6, 6.07) is 16.0. The average Bonchev–Trinajstić information content (AvgIpc) is 3.35. The number of benzene rings is 2. The number of fused-ring (bicyclic) bond motifs is 3. The van der Waals surface area contributed by atoms with E-state index < -0.39 is 17.7 Å². The van der Waals surface area contributed by atoms with Gasteiger partial charge in [0.1, 0.15) is 24.7 Å². The molecule has 2 aromatic carbocycles. The zero-order chi connectivity index (χ0) is 20.5. The molecule has 2 aromatic heterocycles. The standard InChI is InChI=1S/C20H16N6O4/c27-19(17-21-12-25(23-17)10-13-6-2-1-3-7-13)22-14-11-29-16-9-5-4-8-15(16)26-18(14)24-30-20(26)28/h1-9,12,14H,10-11H2,(H,22,27)/t14-/m0/s1. The van der Waals surface area contributed by atoms with E-state index in [1.54, 1.807) is 28.9 Å². The Morgan fingerprint density at radius 3 is 2.80 bits per heavy atom. The number of nitrogens with one attached hydrogen (secondary N) is 1. The van der Waals surface area contributed by atoms with E-state index in [4.69, 9.17) is 9.26 Å². The second-order valence-electron chi connectivity index (χ2n) is 6.70. The maximum Gasteiger partial charge on any atom is 0.446 e. The van der Waals surface area contributed by atoms with Crippen molar-refractivity contribution in [3.05, 3.63) is 88.7 Å². The van der Waals surface area contributed by atoms with E-state index in [-0.39, 0.29) is 18.3 Å². The van der Waals surface area contributed by atoms with Crippen molar-refractivity contribution in [1.29, 1.82) is 0 Å². The first-order chi connectivity index (χ1) is 14.7. The first-order valence-corrected chi connectivity index (χ1v) is 9.24. The highest BCUT2D eigenvalue weighted by molar-refractivity contribution is 5.90. The van der Waals surface area contributed by atoms with Gasteiger partial charge >= 0.3 is 5.76 Å². The lowest BCUT2D eigenvalue weighted by Gasteiger charge is -2.13. The topological polar surface area (TPSA) is 117 Å². The number of nitrogens with zero attached hydrogens (tertiary/aromatic N) is 5. The molecule has 0 saturated carbocycles. The summed E-state index contributed by atoms with van der Waals surface area (Å²) in [5.41, 5.74) is 1.54. The number of carbonyl (C=O) groups is 1. The summed E-state index contributed by atoms with van der Waals surface area (Å²) in [6.07, 6.45) is 1.49. The molecule has 1 atom stereocenters. The molecule has 5 rings (SSSR count). The smallest absolute Gasteiger partial charge is 0.446 e. The maximum atomic E-state index is 12.7. The van der Waals surface area contributed by atoms with Crippen molar-refractivity contribution in [3.8, 4) is 11.4 Å². The maximum absolute atomic E-state index is 12.7. The Balaban J connectivity index is 1.37. The molecule has 1 aliphatic rings. The molecule has 1 N–H and O–H groups in total. The fourth-order valence-electron chi connectivity index (χ4n) is 3.29. The summed E-state index contributed by atoms with van der Waals surface area (Å²) in [7, 11) is 0. The van der Waals surface area contributed by atoms with Crippen LogP contribution in [0.1, 0.15) is 28.0 Å². The lowest BCUT2D eigenvalue weighted by Crippen LogP contribution is -2.34. The Hall–Kier alpha value is -4.21. The molecule has 0 spiro atoms. The van der Waals surface area contributed by atoms with Crippen LogP contribution in [0.25, 0.3) is 5.69 Å². The molecule has 3 heterocycles. The molecule has 150 valence electrons. The van der Waals surface area contributed by atoms with Gasteiger partial charge in [0.2, 0.25) is 5.82 Å². The fourth-order valence-corrected chi connectivity index (χ4v) is 3.29. The summed E-state index contributed by atoms with van der Waals surface area (Å²) in [4.78, 5) is 29.0. The van der Waals surface area contributed by atoms with Gasteiger partial charge in [0.05, 0.1) is 12.2 Å². The van der Waals surface area contributed by atoms with Crippen molar-refractivity contribution < 1.29 is 14.1 Å². The summed E-state index contributed by atoms with van der Waals surface area (Å²) in [5, 5.41) is 10.8. The summed E-state index contributed by atoms with van der Waals surface area (Å²) in [5.74, 6) is -0.436. The minimum absolute atomic E-state index is 0.00471. The molecule has 0 saturated heterocycles. The SMILES string of the molecule is O=C(N[C@H]1COc2ccccc2-n2c1noc2=O)c1ncn(Cc2ccccc2)n1. The van der Waals surface area contributed by atoms with Gasteiger partial charge < -0.3 is 10.1 Å². The first kappa shape index (κ1) is 17.9. The number of rotatable bonds is 4. The number of amides is 1. The highest BCUT2D eigenvalue weighted by Gasteiger charge is 2.30. The molecule has 0 fully saturated rings. The number of para-hydroxylation sites is 2. The van der Waals surface area contributed by atoms with Crippen LogP contribution in [0.4, 0.5) is 0 Å². The number of hydrogen-bond acceptors (Lipinski definition) is 7. The van der Waals surface area contributed by atoms with E-state index in [0.29, 0.717) is 18.0 Å². The Morgan fingerprint density at radius 2 is 1.93 bits per heavy atom. The van der Waals surface area contributed by atoms with E-state index in [0.717, 1.165) is 5.56 Å². The zero-order valence-electron chi connectivity index (χ0n) is 15.6. The van der Waals surface area contributed by atoms with Crippen molar-refractivity contribution in [3.63, 3.8) is 0 Å². The van der Waals surface area contributed by atoms with Gasteiger partial charge in [-0.1, -0.05) is 47.6 Å². The third-order valence-electron chi connectivity index (χ3n) is 4.68. The molecule has 1 amide bonds. The predicted octanol–water partition coefficient (Wildman–Crippen LogP) is 1.33. The lowest BCUT2D eigenvalue weighted by atomic mass is 10.2. The summed E-state index contributed by atoms with van der Waals surface area (Å²) in [6.45, 7) is 0.561. The van der Waals surface area contributed by atoms with Crippen LogP contribution in [0.5, 0.6) is 5.75 Å². The van der Waals surface area contributed by atoms with E-state index in [2.05, 4.69) is 20.6 Å². The molecular formula is C20H16N6O4. The minimum atomic E-state index is -0.725. The molecule has 10 heteroatoms. The van der Waals surface area contributed by atoms with Gasteiger partial charge in [-0.3, -0.25) is 9.32 Å². The Kier molecular flexibility index (Phi) is 4.36. The van der Waals surface area contributed by atoms with Crippen LogP contribution in [-0.4, -0.2) is 37.0 Å². The van der Waals surface area contributed by atoms with E-state index in [1.807, 2.05) is 30.3 Å². The van der Waals surface area contributed by atoms with Gasteiger partial charge in [0.15, 0.2) is 5.82 Å². The molecule has 0 radical (unpaired) electrons. The fraction of sp³-hybridized carbons (Fsp3) is 0.150.